The fourth-order valence-electron chi connectivity index (χ4n) is 3.08. The average molecular weight is 331 g/mol. The predicted octanol–water partition coefficient (Wildman–Crippen LogP) is 2.90. The highest BCUT2D eigenvalue weighted by atomic mass is 15.2. The van der Waals surface area contributed by atoms with Crippen molar-refractivity contribution in [3.05, 3.63) is 35.9 Å². The third kappa shape index (κ3) is 6.91. The molecule has 0 radical (unpaired) electrons. The maximum Gasteiger partial charge on any atom is 0.191 e. The van der Waals surface area contributed by atoms with Crippen molar-refractivity contribution < 1.29 is 0 Å². The second kappa shape index (κ2) is 9.07. The monoisotopic (exact) mass is 330 g/mol. The van der Waals surface area contributed by atoms with E-state index in [1.165, 1.54) is 25.1 Å². The number of aliphatic imine (C=N–C) groups is 1. The summed E-state index contributed by atoms with van der Waals surface area (Å²) in [7, 11) is 0. The van der Waals surface area contributed by atoms with Crippen LogP contribution in [0.1, 0.15) is 39.7 Å². The smallest absolute Gasteiger partial charge is 0.191 e. The lowest BCUT2D eigenvalue weighted by Crippen LogP contribution is -2.47. The van der Waals surface area contributed by atoms with Gasteiger partial charge in [-0.3, -0.25) is 4.99 Å². The van der Waals surface area contributed by atoms with Crippen LogP contribution in [0.3, 0.4) is 0 Å². The molecule has 0 bridgehead atoms. The lowest BCUT2D eigenvalue weighted by molar-refractivity contribution is 0.329. The molecule has 1 aromatic carbocycles. The number of guanidine groups is 1. The minimum absolute atomic E-state index is 0.0401. The van der Waals surface area contributed by atoms with Crippen molar-refractivity contribution >= 4 is 5.96 Å². The van der Waals surface area contributed by atoms with Gasteiger partial charge in [0.05, 0.1) is 0 Å². The van der Waals surface area contributed by atoms with Crippen LogP contribution >= 0.6 is 0 Å². The maximum atomic E-state index is 4.80. The van der Waals surface area contributed by atoms with Crippen LogP contribution < -0.4 is 10.6 Å². The van der Waals surface area contributed by atoms with Crippen molar-refractivity contribution in [1.82, 2.24) is 15.5 Å². The summed E-state index contributed by atoms with van der Waals surface area (Å²) >= 11 is 0. The van der Waals surface area contributed by atoms with Crippen molar-refractivity contribution in [2.45, 2.75) is 46.1 Å². The molecule has 1 heterocycles. The van der Waals surface area contributed by atoms with E-state index >= 15 is 0 Å². The summed E-state index contributed by atoms with van der Waals surface area (Å²) < 4.78 is 0. The first-order chi connectivity index (χ1) is 11.5. The Labute approximate surface area is 147 Å². The van der Waals surface area contributed by atoms with E-state index < -0.39 is 0 Å². The Balaban J connectivity index is 1.76. The quantitative estimate of drug-likeness (QED) is 0.622. The van der Waals surface area contributed by atoms with E-state index in [0.29, 0.717) is 5.92 Å². The van der Waals surface area contributed by atoms with E-state index in [1.807, 2.05) is 0 Å². The fraction of sp³-hybridized carbons (Fsp3) is 0.650. The number of nitrogens with zero attached hydrogens (tertiary/aromatic N) is 2. The molecule has 0 aliphatic carbocycles. The lowest BCUT2D eigenvalue weighted by Gasteiger charge is -2.24. The number of rotatable bonds is 6. The van der Waals surface area contributed by atoms with Gasteiger partial charge >= 0.3 is 0 Å². The first-order valence-electron chi connectivity index (χ1n) is 9.29. The third-order valence-electron chi connectivity index (χ3n) is 4.27. The molecular formula is C20H34N4. The largest absolute Gasteiger partial charge is 0.357 e. The molecule has 2 rings (SSSR count). The molecule has 2 N–H and O–H groups in total. The van der Waals surface area contributed by atoms with Gasteiger partial charge in [0.2, 0.25) is 0 Å². The molecule has 0 saturated carbocycles. The molecule has 0 spiro atoms. The van der Waals surface area contributed by atoms with Crippen LogP contribution in [0.25, 0.3) is 0 Å². The molecule has 0 amide bonds. The van der Waals surface area contributed by atoms with Crippen LogP contribution in [0.2, 0.25) is 0 Å². The van der Waals surface area contributed by atoms with Gasteiger partial charge in [0.1, 0.15) is 0 Å². The van der Waals surface area contributed by atoms with Gasteiger partial charge < -0.3 is 15.5 Å². The zero-order valence-corrected chi connectivity index (χ0v) is 15.8. The van der Waals surface area contributed by atoms with Gasteiger partial charge in [0.25, 0.3) is 0 Å². The van der Waals surface area contributed by atoms with Crippen molar-refractivity contribution in [2.24, 2.45) is 10.9 Å². The molecule has 1 unspecified atom stereocenters. The topological polar surface area (TPSA) is 39.7 Å². The first kappa shape index (κ1) is 18.8. The third-order valence-corrected chi connectivity index (χ3v) is 4.27. The Bertz CT molecular complexity index is 504. The van der Waals surface area contributed by atoms with Gasteiger partial charge in [-0.1, -0.05) is 30.3 Å². The summed E-state index contributed by atoms with van der Waals surface area (Å²) in [5.74, 6) is 1.61. The maximum absolute atomic E-state index is 4.80. The molecule has 1 aliphatic heterocycles. The summed E-state index contributed by atoms with van der Waals surface area (Å²) in [5, 5.41) is 6.81. The van der Waals surface area contributed by atoms with Crippen LogP contribution in [0.4, 0.5) is 0 Å². The lowest BCUT2D eigenvalue weighted by atomic mass is 10.1. The molecule has 24 heavy (non-hydrogen) atoms. The van der Waals surface area contributed by atoms with Crippen LogP contribution in [0.5, 0.6) is 0 Å². The molecule has 1 aromatic rings. The summed E-state index contributed by atoms with van der Waals surface area (Å²) in [6, 6.07) is 10.8. The Morgan fingerprint density at radius 2 is 2.00 bits per heavy atom. The molecule has 1 fully saturated rings. The highest BCUT2D eigenvalue weighted by Crippen LogP contribution is 2.17. The second-order valence-corrected chi connectivity index (χ2v) is 7.79. The van der Waals surface area contributed by atoms with Gasteiger partial charge in [-0.05, 0) is 58.6 Å². The van der Waals surface area contributed by atoms with Crippen LogP contribution in [-0.2, 0) is 6.42 Å². The van der Waals surface area contributed by atoms with Crippen molar-refractivity contribution in [3.63, 3.8) is 0 Å². The Morgan fingerprint density at radius 1 is 1.25 bits per heavy atom. The first-order valence-corrected chi connectivity index (χ1v) is 9.29. The molecule has 1 aliphatic rings. The van der Waals surface area contributed by atoms with Gasteiger partial charge in [-0.15, -0.1) is 0 Å². The van der Waals surface area contributed by atoms with Crippen molar-refractivity contribution in [2.75, 3.05) is 32.7 Å². The SMILES string of the molecule is CCNC(=NCC1CCN(CCc2ccccc2)C1)NC(C)(C)C. The van der Waals surface area contributed by atoms with Crippen LogP contribution in [-0.4, -0.2) is 49.1 Å². The van der Waals surface area contributed by atoms with Crippen molar-refractivity contribution in [1.29, 1.82) is 0 Å². The second-order valence-electron chi connectivity index (χ2n) is 7.79. The molecular weight excluding hydrogens is 296 g/mol. The zero-order valence-electron chi connectivity index (χ0n) is 15.8. The van der Waals surface area contributed by atoms with E-state index in [9.17, 15) is 0 Å². The molecule has 1 atom stereocenters. The average Bonchev–Trinajstić information content (AvgIpc) is 2.98. The van der Waals surface area contributed by atoms with E-state index in [2.05, 4.69) is 73.6 Å². The molecule has 4 heteroatoms. The highest BCUT2D eigenvalue weighted by Gasteiger charge is 2.22. The van der Waals surface area contributed by atoms with Crippen LogP contribution in [0, 0.1) is 5.92 Å². The number of hydrogen-bond acceptors (Lipinski definition) is 2. The Kier molecular flexibility index (Phi) is 7.10. The predicted molar refractivity (Wildman–Crippen MR) is 104 cm³/mol. The summed E-state index contributed by atoms with van der Waals surface area (Å²) in [6.45, 7) is 14.0. The van der Waals surface area contributed by atoms with E-state index in [-0.39, 0.29) is 5.54 Å². The van der Waals surface area contributed by atoms with E-state index in [1.54, 1.807) is 0 Å². The zero-order chi connectivity index (χ0) is 17.4. The standard InChI is InChI=1S/C20H34N4/c1-5-21-19(23-20(2,3)4)22-15-18-12-14-24(16-18)13-11-17-9-7-6-8-10-17/h6-10,18H,5,11-16H2,1-4H3,(H2,21,22,23). The van der Waals surface area contributed by atoms with E-state index in [4.69, 9.17) is 4.99 Å². The number of nitrogens with one attached hydrogen (secondary N) is 2. The summed E-state index contributed by atoms with van der Waals surface area (Å²) in [5.41, 5.74) is 1.47. The summed E-state index contributed by atoms with van der Waals surface area (Å²) in [6.07, 6.45) is 2.40. The van der Waals surface area contributed by atoms with Gasteiger partial charge in [-0.25, -0.2) is 0 Å². The highest BCUT2D eigenvalue weighted by molar-refractivity contribution is 5.80. The summed E-state index contributed by atoms with van der Waals surface area (Å²) in [4.78, 5) is 7.38. The minimum Gasteiger partial charge on any atom is -0.357 e. The molecule has 134 valence electrons. The van der Waals surface area contributed by atoms with Gasteiger partial charge in [-0.2, -0.15) is 0 Å². The number of likely N-dealkylation sites (tertiary alicyclic amines) is 1. The van der Waals surface area contributed by atoms with Crippen molar-refractivity contribution in [3.8, 4) is 0 Å². The minimum atomic E-state index is 0.0401. The molecule has 1 saturated heterocycles. The van der Waals surface area contributed by atoms with Gasteiger partial charge in [0, 0.05) is 31.7 Å². The normalized spacial score (nSPS) is 19.5. The fourth-order valence-corrected chi connectivity index (χ4v) is 3.08. The number of benzene rings is 1. The molecule has 4 nitrogen and oxygen atoms in total. The van der Waals surface area contributed by atoms with Crippen LogP contribution in [0.15, 0.2) is 35.3 Å². The molecule has 0 aromatic heterocycles. The Morgan fingerprint density at radius 3 is 2.67 bits per heavy atom. The van der Waals surface area contributed by atoms with E-state index in [0.717, 1.165) is 32.0 Å². The van der Waals surface area contributed by atoms with Gasteiger partial charge in [0.15, 0.2) is 5.96 Å². The number of hydrogen-bond donors (Lipinski definition) is 2. The Hall–Kier alpha value is -1.55.